The zero-order chi connectivity index (χ0) is 20.1. The van der Waals surface area contributed by atoms with Gasteiger partial charge in [0.1, 0.15) is 0 Å². The quantitative estimate of drug-likeness (QED) is 0.428. The highest BCUT2D eigenvalue weighted by Gasteiger charge is 2.26. The van der Waals surface area contributed by atoms with Crippen LogP contribution in [0.4, 0.5) is 5.69 Å². The summed E-state index contributed by atoms with van der Waals surface area (Å²) >= 11 is 1.38. The highest BCUT2D eigenvalue weighted by Crippen LogP contribution is 2.15. The lowest BCUT2D eigenvalue weighted by Crippen LogP contribution is -2.51. The lowest BCUT2D eigenvalue weighted by Gasteiger charge is -2.34. The number of carbonyl (C=O) groups excluding carboxylic acids is 3. The molecule has 1 aromatic heterocycles. The van der Waals surface area contributed by atoms with Crippen molar-refractivity contribution in [1.82, 2.24) is 9.80 Å². The first kappa shape index (κ1) is 19.5. The number of piperazine rings is 1. The first-order valence-electron chi connectivity index (χ1n) is 8.48. The van der Waals surface area contributed by atoms with E-state index in [2.05, 4.69) is 0 Å². The summed E-state index contributed by atoms with van der Waals surface area (Å²) in [6, 6.07) is 8.53. The maximum Gasteiger partial charge on any atom is 0.338 e. The molecule has 0 atom stereocenters. The molecule has 3 rings (SSSR count). The van der Waals surface area contributed by atoms with Gasteiger partial charge in [0, 0.05) is 38.3 Å². The number of nitro benzene ring substituents is 1. The predicted octanol–water partition coefficient (Wildman–Crippen LogP) is 1.80. The summed E-state index contributed by atoms with van der Waals surface area (Å²) in [5, 5.41) is 12.5. The molecule has 0 bridgehead atoms. The minimum Gasteiger partial charge on any atom is -0.452 e. The van der Waals surface area contributed by atoms with Gasteiger partial charge in [-0.15, -0.1) is 11.3 Å². The normalized spacial score (nSPS) is 13.9. The number of non-ortho nitro benzene ring substituents is 1. The number of nitro groups is 1. The Bertz CT molecular complexity index is 873. The number of nitrogens with zero attached hydrogens (tertiary/aromatic N) is 3. The molecule has 9 nitrogen and oxygen atoms in total. The number of hydrogen-bond acceptors (Lipinski definition) is 7. The monoisotopic (exact) mass is 403 g/mol. The van der Waals surface area contributed by atoms with Crippen molar-refractivity contribution in [2.45, 2.75) is 0 Å². The van der Waals surface area contributed by atoms with Crippen LogP contribution in [0.5, 0.6) is 0 Å². The molecule has 0 saturated carbocycles. The van der Waals surface area contributed by atoms with Crippen molar-refractivity contribution in [3.63, 3.8) is 0 Å². The summed E-state index contributed by atoms with van der Waals surface area (Å²) in [4.78, 5) is 50.5. The maximum atomic E-state index is 12.3. The van der Waals surface area contributed by atoms with Gasteiger partial charge < -0.3 is 14.5 Å². The average molecular weight is 403 g/mol. The van der Waals surface area contributed by atoms with Crippen molar-refractivity contribution in [3.8, 4) is 0 Å². The molecule has 1 aliphatic rings. The van der Waals surface area contributed by atoms with Crippen molar-refractivity contribution in [2.75, 3.05) is 32.8 Å². The second-order valence-corrected chi connectivity index (χ2v) is 6.98. The molecule has 1 aliphatic heterocycles. The number of carbonyl (C=O) groups is 3. The maximum absolute atomic E-state index is 12.3. The minimum absolute atomic E-state index is 0.0494. The van der Waals surface area contributed by atoms with Gasteiger partial charge in [-0.3, -0.25) is 19.7 Å². The molecule has 1 aromatic carbocycles. The molecule has 2 heterocycles. The van der Waals surface area contributed by atoms with Crippen LogP contribution in [0.15, 0.2) is 41.8 Å². The van der Waals surface area contributed by atoms with Gasteiger partial charge in [-0.2, -0.15) is 0 Å². The molecule has 2 amide bonds. The Morgan fingerprint density at radius 3 is 2.25 bits per heavy atom. The van der Waals surface area contributed by atoms with Crippen LogP contribution in [0.3, 0.4) is 0 Å². The second kappa shape index (κ2) is 8.61. The third kappa shape index (κ3) is 4.52. The number of benzene rings is 1. The molecular weight excluding hydrogens is 386 g/mol. The third-order valence-electron chi connectivity index (χ3n) is 4.29. The Hall–Kier alpha value is -3.27. The number of hydrogen-bond donors (Lipinski definition) is 0. The molecule has 0 aliphatic carbocycles. The van der Waals surface area contributed by atoms with Crippen molar-refractivity contribution in [3.05, 3.63) is 62.3 Å². The molecule has 146 valence electrons. The van der Waals surface area contributed by atoms with E-state index in [-0.39, 0.29) is 23.1 Å². The minimum atomic E-state index is -0.727. The van der Waals surface area contributed by atoms with Crippen LogP contribution >= 0.6 is 11.3 Å². The molecular formula is C18H17N3O6S. The van der Waals surface area contributed by atoms with Crippen molar-refractivity contribution in [1.29, 1.82) is 0 Å². The summed E-state index contributed by atoms with van der Waals surface area (Å²) < 4.78 is 5.00. The van der Waals surface area contributed by atoms with E-state index < -0.39 is 17.5 Å². The summed E-state index contributed by atoms with van der Waals surface area (Å²) in [5.41, 5.74) is -0.00708. The molecule has 0 spiro atoms. The zero-order valence-corrected chi connectivity index (χ0v) is 15.6. The molecule has 1 fully saturated rings. The number of rotatable bonds is 5. The van der Waals surface area contributed by atoms with E-state index in [9.17, 15) is 24.5 Å². The molecule has 10 heteroatoms. The first-order valence-corrected chi connectivity index (χ1v) is 9.36. The van der Waals surface area contributed by atoms with E-state index in [0.717, 1.165) is 0 Å². The molecule has 2 aromatic rings. The summed E-state index contributed by atoms with van der Waals surface area (Å²) in [5.74, 6) is -1.13. The number of ether oxygens (including phenoxy) is 1. The Balaban J connectivity index is 1.46. The SMILES string of the molecule is O=C(OCC(=O)N1CCN(C(=O)c2cccs2)CC1)c1ccc([N+](=O)[O-])cc1. The number of esters is 1. The van der Waals surface area contributed by atoms with E-state index in [4.69, 9.17) is 4.74 Å². The van der Waals surface area contributed by atoms with Crippen LogP contribution in [0.1, 0.15) is 20.0 Å². The van der Waals surface area contributed by atoms with Crippen LogP contribution < -0.4 is 0 Å². The van der Waals surface area contributed by atoms with Crippen molar-refractivity contribution < 1.29 is 24.0 Å². The van der Waals surface area contributed by atoms with Crippen LogP contribution in [0, 0.1) is 10.1 Å². The highest BCUT2D eigenvalue weighted by molar-refractivity contribution is 7.12. The van der Waals surface area contributed by atoms with Gasteiger partial charge in [0.05, 0.1) is 15.4 Å². The molecule has 0 unspecified atom stereocenters. The Morgan fingerprint density at radius 2 is 1.68 bits per heavy atom. The largest absolute Gasteiger partial charge is 0.452 e. The molecule has 0 radical (unpaired) electrons. The molecule has 1 saturated heterocycles. The van der Waals surface area contributed by atoms with Crippen LogP contribution in [0.25, 0.3) is 0 Å². The first-order chi connectivity index (χ1) is 13.5. The van der Waals surface area contributed by atoms with Gasteiger partial charge in [0.25, 0.3) is 17.5 Å². The summed E-state index contributed by atoms with van der Waals surface area (Å²) in [7, 11) is 0. The zero-order valence-electron chi connectivity index (χ0n) is 14.8. The fourth-order valence-corrected chi connectivity index (χ4v) is 3.43. The van der Waals surface area contributed by atoms with E-state index in [1.165, 1.54) is 35.6 Å². The molecule has 0 N–H and O–H groups in total. The van der Waals surface area contributed by atoms with Crippen LogP contribution in [-0.4, -0.2) is 65.3 Å². The Morgan fingerprint density at radius 1 is 1.04 bits per heavy atom. The van der Waals surface area contributed by atoms with Gasteiger partial charge in [-0.1, -0.05) is 6.07 Å². The van der Waals surface area contributed by atoms with E-state index >= 15 is 0 Å². The van der Waals surface area contributed by atoms with Crippen LogP contribution in [-0.2, 0) is 9.53 Å². The second-order valence-electron chi connectivity index (χ2n) is 6.03. The Labute approximate surface area is 164 Å². The standard InChI is InChI=1S/C18H17N3O6S/c22-16(12-27-18(24)13-3-5-14(6-4-13)21(25)26)19-7-9-20(10-8-19)17(23)15-2-1-11-28-15/h1-6,11H,7-10,12H2. The number of amides is 2. The fraction of sp³-hybridized carbons (Fsp3) is 0.278. The predicted molar refractivity (Wildman–Crippen MR) is 100 cm³/mol. The number of thiophene rings is 1. The Kier molecular flexibility index (Phi) is 5.99. The van der Waals surface area contributed by atoms with Gasteiger partial charge in [-0.05, 0) is 23.6 Å². The summed E-state index contributed by atoms with van der Waals surface area (Å²) in [6.07, 6.45) is 0. The average Bonchev–Trinajstić information content (AvgIpc) is 3.26. The van der Waals surface area contributed by atoms with Gasteiger partial charge >= 0.3 is 5.97 Å². The van der Waals surface area contributed by atoms with Crippen molar-refractivity contribution >= 4 is 34.8 Å². The van der Waals surface area contributed by atoms with Gasteiger partial charge in [-0.25, -0.2) is 4.79 Å². The van der Waals surface area contributed by atoms with Gasteiger partial charge in [0.2, 0.25) is 0 Å². The van der Waals surface area contributed by atoms with Gasteiger partial charge in [0.15, 0.2) is 6.61 Å². The van der Waals surface area contributed by atoms with E-state index in [1.54, 1.807) is 15.9 Å². The fourth-order valence-electron chi connectivity index (χ4n) is 2.74. The van der Waals surface area contributed by atoms with Crippen molar-refractivity contribution in [2.24, 2.45) is 0 Å². The third-order valence-corrected chi connectivity index (χ3v) is 5.15. The van der Waals surface area contributed by atoms with E-state index in [0.29, 0.717) is 31.1 Å². The smallest absolute Gasteiger partial charge is 0.338 e. The lowest BCUT2D eigenvalue weighted by molar-refractivity contribution is -0.384. The highest BCUT2D eigenvalue weighted by atomic mass is 32.1. The van der Waals surface area contributed by atoms with Crippen LogP contribution in [0.2, 0.25) is 0 Å². The topological polar surface area (TPSA) is 110 Å². The lowest BCUT2D eigenvalue weighted by atomic mass is 10.2. The molecule has 28 heavy (non-hydrogen) atoms. The summed E-state index contributed by atoms with van der Waals surface area (Å²) in [6.45, 7) is 1.14. The van der Waals surface area contributed by atoms with E-state index in [1.807, 2.05) is 11.4 Å².